The van der Waals surface area contributed by atoms with Crippen molar-refractivity contribution >= 4 is 30.4 Å². The summed E-state index contributed by atoms with van der Waals surface area (Å²) in [7, 11) is -6.53. The van der Waals surface area contributed by atoms with Crippen molar-refractivity contribution in [2.45, 2.75) is 110 Å². The van der Waals surface area contributed by atoms with Crippen molar-refractivity contribution in [1.29, 1.82) is 0 Å². The van der Waals surface area contributed by atoms with Gasteiger partial charge in [-0.05, 0) is 88.3 Å². The van der Waals surface area contributed by atoms with E-state index in [-0.39, 0.29) is 47.8 Å². The quantitative estimate of drug-likeness (QED) is 0.125. The Morgan fingerprint density at radius 2 is 1.67 bits per heavy atom. The fraction of sp³-hybridized carbons (Fsp3) is 0.595. The minimum Gasteiger partial charge on any atom is -0.444 e. The Morgan fingerprint density at radius 1 is 1.02 bits per heavy atom. The van der Waals surface area contributed by atoms with Crippen LogP contribution in [0.5, 0.6) is 0 Å². The van der Waals surface area contributed by atoms with Gasteiger partial charge in [-0.1, -0.05) is 51.1 Å². The van der Waals surface area contributed by atoms with Crippen LogP contribution in [0.2, 0.25) is 18.1 Å². The summed E-state index contributed by atoms with van der Waals surface area (Å²) in [6.45, 7) is 18.4. The number of amides is 2. The molecule has 2 fully saturated rings. The number of ether oxygens (including phenoxy) is 2. The number of carbonyl (C=O) groups excluding carboxylic acids is 2. The smallest absolute Gasteiger partial charge is 0.410 e. The first-order chi connectivity index (χ1) is 26.9. The minimum absolute atomic E-state index is 0.0308. The number of carbonyl (C=O) groups is 2. The van der Waals surface area contributed by atoms with Gasteiger partial charge in [-0.2, -0.15) is 8.42 Å². The molecular formula is C42H60F2N4O8SSi. The number of hydrogen-bond acceptors (Lipinski definition) is 9. The van der Waals surface area contributed by atoms with Gasteiger partial charge < -0.3 is 28.3 Å². The van der Waals surface area contributed by atoms with Crippen LogP contribution in [-0.4, -0.2) is 105 Å². The zero-order valence-electron chi connectivity index (χ0n) is 35.5. The molecule has 12 nitrogen and oxygen atoms in total. The summed E-state index contributed by atoms with van der Waals surface area (Å²) in [5.41, 5.74) is 0.255. The van der Waals surface area contributed by atoms with Crippen molar-refractivity contribution in [1.82, 2.24) is 19.4 Å². The lowest BCUT2D eigenvalue weighted by molar-refractivity contribution is -0.145. The summed E-state index contributed by atoms with van der Waals surface area (Å²) in [5, 5.41) is -0.226. The van der Waals surface area contributed by atoms with Crippen LogP contribution in [0, 0.1) is 23.5 Å². The minimum atomic E-state index is -4.01. The van der Waals surface area contributed by atoms with Crippen LogP contribution >= 0.6 is 0 Å². The molecule has 0 saturated carbocycles. The third-order valence-electron chi connectivity index (χ3n) is 11.2. The predicted octanol–water partition coefficient (Wildman–Crippen LogP) is 7.79. The average molecular weight is 847 g/mol. The maximum Gasteiger partial charge on any atom is 0.410 e. The molecule has 2 aromatic carbocycles. The molecule has 3 heterocycles. The van der Waals surface area contributed by atoms with E-state index in [9.17, 15) is 17.6 Å². The second-order valence-electron chi connectivity index (χ2n) is 18.1. The molecule has 320 valence electrons. The summed E-state index contributed by atoms with van der Waals surface area (Å²) in [6, 6.07) is 12.1. The highest BCUT2D eigenvalue weighted by atomic mass is 32.2. The van der Waals surface area contributed by atoms with Crippen molar-refractivity contribution in [2.75, 3.05) is 39.1 Å². The number of benzene rings is 2. The lowest BCUT2D eigenvalue weighted by Crippen LogP contribution is -2.52. The van der Waals surface area contributed by atoms with E-state index in [1.807, 2.05) is 34.9 Å². The Labute approximate surface area is 343 Å². The first-order valence-corrected chi connectivity index (χ1v) is 24.6. The van der Waals surface area contributed by atoms with Crippen LogP contribution in [0.4, 0.5) is 13.6 Å². The molecular weight excluding hydrogens is 787 g/mol. The number of likely N-dealkylation sites (tertiary alicyclic amines) is 1. The Bertz CT molecular complexity index is 2010. The number of imidazole rings is 1. The maximum absolute atomic E-state index is 15.5. The highest BCUT2D eigenvalue weighted by Gasteiger charge is 2.47. The van der Waals surface area contributed by atoms with Crippen molar-refractivity contribution in [3.63, 3.8) is 0 Å². The number of nitrogens with zero attached hydrogens (tertiary/aromatic N) is 4. The fourth-order valence-electron chi connectivity index (χ4n) is 7.35. The summed E-state index contributed by atoms with van der Waals surface area (Å²) in [4.78, 5) is 36.9. The van der Waals surface area contributed by atoms with Gasteiger partial charge in [-0.15, -0.1) is 0 Å². The van der Waals surface area contributed by atoms with Crippen molar-refractivity contribution < 1.29 is 44.9 Å². The van der Waals surface area contributed by atoms with Crippen LogP contribution in [0.3, 0.4) is 0 Å². The Hall–Kier alpha value is -3.70. The van der Waals surface area contributed by atoms with Crippen molar-refractivity contribution in [3.05, 3.63) is 77.8 Å². The molecule has 2 aliphatic heterocycles. The highest BCUT2D eigenvalue weighted by Crippen LogP contribution is 2.41. The van der Waals surface area contributed by atoms with Crippen molar-refractivity contribution in [3.8, 4) is 11.3 Å². The molecule has 58 heavy (non-hydrogen) atoms. The molecule has 3 aromatic rings. The summed E-state index contributed by atoms with van der Waals surface area (Å²) < 4.78 is 81.2. The monoisotopic (exact) mass is 846 g/mol. The van der Waals surface area contributed by atoms with E-state index in [4.69, 9.17) is 23.1 Å². The molecule has 16 heteroatoms. The van der Waals surface area contributed by atoms with Crippen LogP contribution in [0.15, 0.2) is 54.7 Å². The van der Waals surface area contributed by atoms with E-state index >= 15 is 9.18 Å². The molecule has 5 rings (SSSR count). The van der Waals surface area contributed by atoms with Gasteiger partial charge in [0.15, 0.2) is 8.32 Å². The molecule has 4 atom stereocenters. The molecule has 0 radical (unpaired) electrons. The van der Waals surface area contributed by atoms with E-state index in [2.05, 4.69) is 33.9 Å². The molecule has 2 saturated heterocycles. The molecule has 2 aliphatic rings. The summed E-state index contributed by atoms with van der Waals surface area (Å²) in [5.74, 6) is -2.12. The predicted molar refractivity (Wildman–Crippen MR) is 220 cm³/mol. The number of halogens is 2. The van der Waals surface area contributed by atoms with Gasteiger partial charge >= 0.3 is 6.09 Å². The van der Waals surface area contributed by atoms with E-state index < -0.39 is 65.9 Å². The van der Waals surface area contributed by atoms with Gasteiger partial charge in [0.25, 0.3) is 16.0 Å². The molecule has 2 amide bonds. The number of rotatable bonds is 13. The average Bonchev–Trinajstić information content (AvgIpc) is 3.71. The second-order valence-corrected chi connectivity index (χ2v) is 24.5. The molecule has 1 aromatic heterocycles. The standard InChI is InChI=1S/C42H60F2N4O8SSi/c1-28(56-58(9,10)42(5,6)7)39(49)48(25-31-24-47(40(50)54-41(2,3)4)27-36(31)55-57(8,51)52)37(30-18-20-53-21-19-30)38-45-35(33-22-32(43)16-17-34(33)44)26-46(38)23-29-14-12-11-13-15-29/h11-17,22,26,28,30-31,36-37H,18-21,23-25,27H2,1-10H3/t28-,31?,36?,37?/m0/s1. The molecule has 0 aliphatic carbocycles. The fourth-order valence-corrected chi connectivity index (χ4v) is 9.36. The van der Waals surface area contributed by atoms with Gasteiger partial charge in [0.05, 0.1) is 24.5 Å². The van der Waals surface area contributed by atoms with Crippen LogP contribution in [-0.2, 0) is 39.5 Å². The number of aromatic nitrogens is 2. The Balaban J connectivity index is 1.70. The molecule has 0 N–H and O–H groups in total. The van der Waals surface area contributed by atoms with E-state index in [0.717, 1.165) is 30.0 Å². The Kier molecular flexibility index (Phi) is 14.0. The first kappa shape index (κ1) is 45.4. The third kappa shape index (κ3) is 11.5. The second kappa shape index (κ2) is 17.9. The summed E-state index contributed by atoms with van der Waals surface area (Å²) >= 11 is 0. The zero-order valence-corrected chi connectivity index (χ0v) is 37.3. The topological polar surface area (TPSA) is 129 Å². The first-order valence-electron chi connectivity index (χ1n) is 19.9. The van der Waals surface area contributed by atoms with Gasteiger partial charge in [0.1, 0.15) is 35.3 Å². The SMILES string of the molecule is C[C@H](O[Si](C)(C)C(C)(C)C)C(=O)N(CC1CN(C(=O)OC(C)(C)C)CC1OS(C)(=O)=O)C(c1nc(-c2cc(F)ccc2F)cn1Cc1ccccc1)C1CCOCC1. The van der Waals surface area contributed by atoms with E-state index in [0.29, 0.717) is 38.4 Å². The van der Waals surface area contributed by atoms with Gasteiger partial charge in [-0.3, -0.25) is 8.98 Å². The highest BCUT2D eigenvalue weighted by molar-refractivity contribution is 7.86. The van der Waals surface area contributed by atoms with Crippen LogP contribution < -0.4 is 0 Å². The van der Waals surface area contributed by atoms with E-state index in [1.54, 1.807) is 38.8 Å². The zero-order chi connectivity index (χ0) is 42.8. The normalized spacial score (nSPS) is 19.6. The van der Waals surface area contributed by atoms with Crippen LogP contribution in [0.1, 0.15) is 78.7 Å². The Morgan fingerprint density at radius 3 is 2.28 bits per heavy atom. The van der Waals surface area contributed by atoms with Gasteiger partial charge in [0, 0.05) is 50.5 Å². The maximum atomic E-state index is 15.5. The lowest BCUT2D eigenvalue weighted by Gasteiger charge is -2.43. The van der Waals surface area contributed by atoms with Crippen LogP contribution in [0.25, 0.3) is 11.3 Å². The molecule has 0 spiro atoms. The van der Waals surface area contributed by atoms with Gasteiger partial charge in [0.2, 0.25) is 0 Å². The van der Waals surface area contributed by atoms with E-state index in [1.165, 1.54) is 4.90 Å². The third-order valence-corrected chi connectivity index (χ3v) is 16.3. The lowest BCUT2D eigenvalue weighted by atomic mass is 9.88. The number of hydrogen-bond donors (Lipinski definition) is 0. The molecule has 0 bridgehead atoms. The van der Waals surface area contributed by atoms with Crippen molar-refractivity contribution in [2.24, 2.45) is 11.8 Å². The largest absolute Gasteiger partial charge is 0.444 e. The summed E-state index contributed by atoms with van der Waals surface area (Å²) in [6.07, 6.45) is 1.16. The molecule has 3 unspecified atom stereocenters. The van der Waals surface area contributed by atoms with Gasteiger partial charge in [-0.25, -0.2) is 18.6 Å².